The van der Waals surface area contributed by atoms with Crippen molar-refractivity contribution in [3.05, 3.63) is 23.0 Å². The van der Waals surface area contributed by atoms with Gasteiger partial charge in [-0.05, 0) is 63.6 Å². The standard InChI is InChI=1S/C17H30N2O/c1-4-19-13(2)9-17(14(19)3)11-18-10-15-7-5-6-8-16(15)12-20/h9,15-16,18,20H,4-8,10-12H2,1-3H3. The Balaban J connectivity index is 1.86. The molecule has 1 saturated carbocycles. The number of rotatable bonds is 6. The predicted octanol–water partition coefficient (Wildman–Crippen LogP) is 3.01. The van der Waals surface area contributed by atoms with Crippen LogP contribution in [0.3, 0.4) is 0 Å². The van der Waals surface area contributed by atoms with E-state index in [1.54, 1.807) is 0 Å². The molecule has 0 aromatic carbocycles. The van der Waals surface area contributed by atoms with Crippen LogP contribution in [0.25, 0.3) is 0 Å². The molecule has 1 aromatic rings. The van der Waals surface area contributed by atoms with Crippen molar-refractivity contribution in [3.8, 4) is 0 Å². The van der Waals surface area contributed by atoms with Crippen LogP contribution < -0.4 is 5.32 Å². The number of aliphatic hydroxyl groups excluding tert-OH is 1. The highest BCUT2D eigenvalue weighted by atomic mass is 16.3. The van der Waals surface area contributed by atoms with E-state index in [4.69, 9.17) is 0 Å². The summed E-state index contributed by atoms with van der Waals surface area (Å²) >= 11 is 0. The van der Waals surface area contributed by atoms with E-state index in [0.29, 0.717) is 18.4 Å². The van der Waals surface area contributed by atoms with E-state index >= 15 is 0 Å². The molecule has 0 amide bonds. The summed E-state index contributed by atoms with van der Waals surface area (Å²) in [6.45, 7) is 10.00. The highest BCUT2D eigenvalue weighted by molar-refractivity contribution is 5.26. The van der Waals surface area contributed by atoms with E-state index in [1.165, 1.54) is 42.6 Å². The zero-order valence-electron chi connectivity index (χ0n) is 13.3. The quantitative estimate of drug-likeness (QED) is 0.839. The molecule has 1 fully saturated rings. The van der Waals surface area contributed by atoms with Gasteiger partial charge in [-0.25, -0.2) is 0 Å². The number of hydrogen-bond acceptors (Lipinski definition) is 2. The van der Waals surface area contributed by atoms with Crippen molar-refractivity contribution in [2.45, 2.75) is 59.5 Å². The van der Waals surface area contributed by atoms with Crippen LogP contribution in [0.2, 0.25) is 0 Å². The maximum atomic E-state index is 9.46. The van der Waals surface area contributed by atoms with Gasteiger partial charge in [0.15, 0.2) is 0 Å². The average Bonchev–Trinajstić information content (AvgIpc) is 2.73. The molecule has 2 N–H and O–H groups in total. The molecule has 0 saturated heterocycles. The molecule has 1 aliphatic rings. The van der Waals surface area contributed by atoms with Crippen LogP contribution in [0.15, 0.2) is 6.07 Å². The Bertz CT molecular complexity index is 425. The lowest BCUT2D eigenvalue weighted by Crippen LogP contribution is -2.32. The molecule has 0 radical (unpaired) electrons. The second-order valence-electron chi connectivity index (χ2n) is 6.26. The fourth-order valence-corrected chi connectivity index (χ4v) is 3.72. The van der Waals surface area contributed by atoms with Gasteiger partial charge in [0.25, 0.3) is 0 Å². The topological polar surface area (TPSA) is 37.2 Å². The first-order valence-electron chi connectivity index (χ1n) is 8.14. The minimum Gasteiger partial charge on any atom is -0.396 e. The number of nitrogens with one attached hydrogen (secondary N) is 1. The van der Waals surface area contributed by atoms with Crippen LogP contribution in [-0.4, -0.2) is 22.8 Å². The summed E-state index contributed by atoms with van der Waals surface area (Å²) in [6.07, 6.45) is 5.09. The molecule has 1 heterocycles. The Morgan fingerprint density at radius 3 is 2.55 bits per heavy atom. The number of hydrogen-bond donors (Lipinski definition) is 2. The summed E-state index contributed by atoms with van der Waals surface area (Å²) in [7, 11) is 0. The van der Waals surface area contributed by atoms with E-state index in [2.05, 4.69) is 36.7 Å². The number of aryl methyl sites for hydroxylation is 1. The van der Waals surface area contributed by atoms with Gasteiger partial charge >= 0.3 is 0 Å². The molecule has 2 unspecified atom stereocenters. The first-order chi connectivity index (χ1) is 9.67. The zero-order chi connectivity index (χ0) is 14.5. The van der Waals surface area contributed by atoms with Gasteiger partial charge in [0.2, 0.25) is 0 Å². The Morgan fingerprint density at radius 1 is 1.25 bits per heavy atom. The van der Waals surface area contributed by atoms with E-state index in [-0.39, 0.29) is 0 Å². The molecular weight excluding hydrogens is 248 g/mol. The third kappa shape index (κ3) is 3.44. The maximum Gasteiger partial charge on any atom is 0.0462 e. The van der Waals surface area contributed by atoms with E-state index in [0.717, 1.165) is 19.6 Å². The molecule has 0 bridgehead atoms. The molecule has 0 aliphatic heterocycles. The van der Waals surface area contributed by atoms with Crippen molar-refractivity contribution in [1.82, 2.24) is 9.88 Å². The number of aliphatic hydroxyl groups is 1. The second-order valence-corrected chi connectivity index (χ2v) is 6.26. The molecule has 2 rings (SSSR count). The van der Waals surface area contributed by atoms with Crippen LogP contribution in [0.4, 0.5) is 0 Å². The predicted molar refractivity (Wildman–Crippen MR) is 83.8 cm³/mol. The van der Waals surface area contributed by atoms with Gasteiger partial charge in [0.05, 0.1) is 0 Å². The lowest BCUT2D eigenvalue weighted by atomic mass is 9.79. The summed E-state index contributed by atoms with van der Waals surface area (Å²) in [5, 5.41) is 13.1. The third-order valence-electron chi connectivity index (χ3n) is 5.02. The molecule has 20 heavy (non-hydrogen) atoms. The van der Waals surface area contributed by atoms with Gasteiger partial charge < -0.3 is 15.0 Å². The molecule has 3 nitrogen and oxygen atoms in total. The van der Waals surface area contributed by atoms with Crippen LogP contribution in [-0.2, 0) is 13.1 Å². The highest BCUT2D eigenvalue weighted by Crippen LogP contribution is 2.29. The monoisotopic (exact) mass is 278 g/mol. The average molecular weight is 278 g/mol. The largest absolute Gasteiger partial charge is 0.396 e. The fourth-order valence-electron chi connectivity index (χ4n) is 3.72. The van der Waals surface area contributed by atoms with E-state index < -0.39 is 0 Å². The minimum absolute atomic E-state index is 0.358. The lowest BCUT2D eigenvalue weighted by Gasteiger charge is -2.30. The van der Waals surface area contributed by atoms with Crippen molar-refractivity contribution in [1.29, 1.82) is 0 Å². The van der Waals surface area contributed by atoms with Crippen LogP contribution in [0.5, 0.6) is 0 Å². The molecule has 114 valence electrons. The van der Waals surface area contributed by atoms with Crippen molar-refractivity contribution >= 4 is 0 Å². The summed E-state index contributed by atoms with van der Waals surface area (Å²) in [5.41, 5.74) is 4.16. The van der Waals surface area contributed by atoms with Gasteiger partial charge in [0.1, 0.15) is 0 Å². The summed E-state index contributed by atoms with van der Waals surface area (Å²) < 4.78 is 2.37. The number of nitrogens with zero attached hydrogens (tertiary/aromatic N) is 1. The molecule has 3 heteroatoms. The molecule has 1 aliphatic carbocycles. The van der Waals surface area contributed by atoms with E-state index in [1.807, 2.05) is 0 Å². The first kappa shape index (κ1) is 15.6. The summed E-state index contributed by atoms with van der Waals surface area (Å²) in [5.74, 6) is 1.17. The smallest absolute Gasteiger partial charge is 0.0462 e. The maximum absolute atomic E-state index is 9.46. The highest BCUT2D eigenvalue weighted by Gasteiger charge is 2.23. The van der Waals surface area contributed by atoms with Gasteiger partial charge in [-0.3, -0.25) is 0 Å². The fraction of sp³-hybridized carbons (Fsp3) is 0.765. The van der Waals surface area contributed by atoms with Gasteiger partial charge in [-0.15, -0.1) is 0 Å². The Morgan fingerprint density at radius 2 is 1.95 bits per heavy atom. The summed E-state index contributed by atoms with van der Waals surface area (Å²) in [4.78, 5) is 0. The SMILES string of the molecule is CCn1c(C)cc(CNCC2CCCCC2CO)c1C. The Labute approximate surface area is 123 Å². The molecular formula is C17H30N2O. The first-order valence-corrected chi connectivity index (χ1v) is 8.14. The van der Waals surface area contributed by atoms with Gasteiger partial charge in [-0.1, -0.05) is 12.8 Å². The van der Waals surface area contributed by atoms with Gasteiger partial charge in [-0.2, -0.15) is 0 Å². The lowest BCUT2D eigenvalue weighted by molar-refractivity contribution is 0.133. The minimum atomic E-state index is 0.358. The zero-order valence-corrected chi connectivity index (χ0v) is 13.3. The summed E-state index contributed by atoms with van der Waals surface area (Å²) in [6, 6.07) is 2.30. The van der Waals surface area contributed by atoms with Crippen LogP contribution in [0.1, 0.15) is 49.6 Å². The van der Waals surface area contributed by atoms with Crippen molar-refractivity contribution in [3.63, 3.8) is 0 Å². The van der Waals surface area contributed by atoms with Gasteiger partial charge in [0, 0.05) is 31.1 Å². The van der Waals surface area contributed by atoms with Crippen molar-refractivity contribution < 1.29 is 5.11 Å². The van der Waals surface area contributed by atoms with Crippen molar-refractivity contribution in [2.75, 3.05) is 13.2 Å². The third-order valence-corrected chi connectivity index (χ3v) is 5.02. The van der Waals surface area contributed by atoms with Crippen LogP contribution >= 0.6 is 0 Å². The van der Waals surface area contributed by atoms with E-state index in [9.17, 15) is 5.11 Å². The Hall–Kier alpha value is -0.800. The normalized spacial score (nSPS) is 23.2. The Kier molecular flexibility index (Phi) is 5.67. The second kappa shape index (κ2) is 7.28. The molecule has 1 aromatic heterocycles. The molecule has 0 spiro atoms. The van der Waals surface area contributed by atoms with Crippen LogP contribution in [0, 0.1) is 25.7 Å². The molecule has 2 atom stereocenters. The van der Waals surface area contributed by atoms with Crippen molar-refractivity contribution in [2.24, 2.45) is 11.8 Å². The number of aromatic nitrogens is 1.